The van der Waals surface area contributed by atoms with Crippen molar-refractivity contribution in [2.75, 3.05) is 0 Å². The number of rotatable bonds is 4. The van der Waals surface area contributed by atoms with Gasteiger partial charge in [-0.05, 0) is 46.5 Å². The standard InChI is InChI=1S/C10H11BrO2/c11-9-7-8(3-1-2-6-12)4-5-10(9)13/h4-7,13H,1-3H2. The van der Waals surface area contributed by atoms with Gasteiger partial charge in [0.15, 0.2) is 0 Å². The zero-order valence-corrected chi connectivity index (χ0v) is 8.75. The topological polar surface area (TPSA) is 37.3 Å². The van der Waals surface area contributed by atoms with Gasteiger partial charge >= 0.3 is 0 Å². The monoisotopic (exact) mass is 242 g/mol. The molecule has 0 aliphatic carbocycles. The number of unbranched alkanes of at least 4 members (excludes halogenated alkanes) is 1. The van der Waals surface area contributed by atoms with Crippen molar-refractivity contribution >= 4 is 22.2 Å². The van der Waals surface area contributed by atoms with Gasteiger partial charge in [0.05, 0.1) is 4.47 Å². The molecule has 0 saturated heterocycles. The fourth-order valence-corrected chi connectivity index (χ4v) is 1.52. The van der Waals surface area contributed by atoms with Crippen molar-refractivity contribution in [1.82, 2.24) is 0 Å². The van der Waals surface area contributed by atoms with Crippen LogP contribution in [-0.2, 0) is 11.2 Å². The van der Waals surface area contributed by atoms with E-state index in [4.69, 9.17) is 0 Å². The Morgan fingerprint density at radius 1 is 1.46 bits per heavy atom. The Morgan fingerprint density at radius 2 is 2.23 bits per heavy atom. The molecule has 0 fully saturated rings. The second kappa shape index (κ2) is 5.02. The van der Waals surface area contributed by atoms with Crippen LogP contribution in [0.4, 0.5) is 0 Å². The number of hydrogen-bond acceptors (Lipinski definition) is 2. The Kier molecular flexibility index (Phi) is 3.96. The summed E-state index contributed by atoms with van der Waals surface area (Å²) < 4.78 is 0.705. The molecule has 3 heteroatoms. The van der Waals surface area contributed by atoms with E-state index in [1.807, 2.05) is 12.1 Å². The number of benzene rings is 1. The Morgan fingerprint density at radius 3 is 2.85 bits per heavy atom. The summed E-state index contributed by atoms with van der Waals surface area (Å²) >= 11 is 3.24. The van der Waals surface area contributed by atoms with Crippen LogP contribution < -0.4 is 0 Å². The smallest absolute Gasteiger partial charge is 0.129 e. The van der Waals surface area contributed by atoms with Crippen molar-refractivity contribution in [3.05, 3.63) is 28.2 Å². The highest BCUT2D eigenvalue weighted by Crippen LogP contribution is 2.24. The van der Waals surface area contributed by atoms with E-state index in [0.717, 1.165) is 24.7 Å². The lowest BCUT2D eigenvalue weighted by Crippen LogP contribution is -1.86. The molecule has 0 unspecified atom stereocenters. The fraction of sp³-hybridized carbons (Fsp3) is 0.300. The molecule has 1 rings (SSSR count). The first kappa shape index (κ1) is 10.3. The van der Waals surface area contributed by atoms with E-state index in [0.29, 0.717) is 10.9 Å². The molecular weight excluding hydrogens is 232 g/mol. The summed E-state index contributed by atoms with van der Waals surface area (Å²) in [5, 5.41) is 9.21. The number of phenolic OH excluding ortho intramolecular Hbond substituents is 1. The van der Waals surface area contributed by atoms with Gasteiger partial charge < -0.3 is 9.90 Å². The van der Waals surface area contributed by atoms with Crippen LogP contribution in [0.2, 0.25) is 0 Å². The molecule has 0 spiro atoms. The van der Waals surface area contributed by atoms with E-state index in [-0.39, 0.29) is 5.75 Å². The minimum atomic E-state index is 0.249. The summed E-state index contributed by atoms with van der Waals surface area (Å²) in [6, 6.07) is 5.39. The average molecular weight is 243 g/mol. The molecule has 1 aromatic rings. The molecule has 0 amide bonds. The number of carbonyl (C=O) groups excluding carboxylic acids is 1. The second-order valence-electron chi connectivity index (χ2n) is 2.84. The molecule has 0 aliphatic rings. The lowest BCUT2D eigenvalue weighted by atomic mass is 10.1. The van der Waals surface area contributed by atoms with Crippen molar-refractivity contribution < 1.29 is 9.90 Å². The quantitative estimate of drug-likeness (QED) is 0.652. The maximum atomic E-state index is 10.1. The largest absolute Gasteiger partial charge is 0.507 e. The van der Waals surface area contributed by atoms with E-state index < -0.39 is 0 Å². The third kappa shape index (κ3) is 3.19. The van der Waals surface area contributed by atoms with E-state index in [9.17, 15) is 9.90 Å². The summed E-state index contributed by atoms with van der Waals surface area (Å²) in [4.78, 5) is 10.1. The summed E-state index contributed by atoms with van der Waals surface area (Å²) in [5.74, 6) is 0.249. The van der Waals surface area contributed by atoms with E-state index >= 15 is 0 Å². The molecule has 0 aliphatic heterocycles. The maximum absolute atomic E-state index is 10.1. The number of carbonyl (C=O) groups is 1. The first-order chi connectivity index (χ1) is 6.24. The van der Waals surface area contributed by atoms with Crippen LogP contribution in [0, 0.1) is 0 Å². The maximum Gasteiger partial charge on any atom is 0.129 e. The molecule has 1 aromatic carbocycles. The lowest BCUT2D eigenvalue weighted by Gasteiger charge is -2.01. The van der Waals surface area contributed by atoms with Crippen LogP contribution in [0.5, 0.6) is 5.75 Å². The molecule has 70 valence electrons. The van der Waals surface area contributed by atoms with Crippen molar-refractivity contribution in [3.8, 4) is 5.75 Å². The number of aromatic hydroxyl groups is 1. The van der Waals surface area contributed by atoms with Gasteiger partial charge in [0.1, 0.15) is 12.0 Å². The normalized spacial score (nSPS) is 9.92. The molecule has 0 heterocycles. The Bertz CT molecular complexity index is 297. The zero-order valence-electron chi connectivity index (χ0n) is 7.16. The Hall–Kier alpha value is -0.830. The van der Waals surface area contributed by atoms with Crippen molar-refractivity contribution in [2.45, 2.75) is 19.3 Å². The van der Waals surface area contributed by atoms with Crippen LogP contribution >= 0.6 is 15.9 Å². The molecule has 2 nitrogen and oxygen atoms in total. The van der Waals surface area contributed by atoms with Gasteiger partial charge in [-0.15, -0.1) is 0 Å². The number of phenols is 1. The minimum Gasteiger partial charge on any atom is -0.507 e. The van der Waals surface area contributed by atoms with Gasteiger partial charge in [-0.2, -0.15) is 0 Å². The predicted molar refractivity (Wildman–Crippen MR) is 54.8 cm³/mol. The first-order valence-electron chi connectivity index (χ1n) is 4.15. The van der Waals surface area contributed by atoms with Gasteiger partial charge in [0.2, 0.25) is 0 Å². The van der Waals surface area contributed by atoms with Crippen LogP contribution in [0.3, 0.4) is 0 Å². The molecular formula is C10H11BrO2. The van der Waals surface area contributed by atoms with E-state index in [1.54, 1.807) is 6.07 Å². The second-order valence-corrected chi connectivity index (χ2v) is 3.70. The Balaban J connectivity index is 2.57. The number of aldehydes is 1. The SMILES string of the molecule is O=CCCCc1ccc(O)c(Br)c1. The highest BCUT2D eigenvalue weighted by molar-refractivity contribution is 9.10. The van der Waals surface area contributed by atoms with Crippen LogP contribution in [0.1, 0.15) is 18.4 Å². The van der Waals surface area contributed by atoms with Crippen molar-refractivity contribution in [3.63, 3.8) is 0 Å². The average Bonchev–Trinajstić information content (AvgIpc) is 2.12. The highest BCUT2D eigenvalue weighted by Gasteiger charge is 1.98. The summed E-state index contributed by atoms with van der Waals surface area (Å²) in [6.07, 6.45) is 3.26. The summed E-state index contributed by atoms with van der Waals surface area (Å²) in [7, 11) is 0. The predicted octanol–water partition coefficient (Wildman–Crippen LogP) is 2.68. The number of halogens is 1. The molecule has 1 N–H and O–H groups in total. The molecule has 0 radical (unpaired) electrons. The van der Waals surface area contributed by atoms with Crippen molar-refractivity contribution in [2.24, 2.45) is 0 Å². The van der Waals surface area contributed by atoms with Gasteiger partial charge in [0, 0.05) is 6.42 Å². The first-order valence-corrected chi connectivity index (χ1v) is 4.94. The molecule has 0 atom stereocenters. The fourth-order valence-electron chi connectivity index (χ4n) is 1.10. The molecule has 0 saturated carbocycles. The molecule has 0 bridgehead atoms. The number of hydrogen-bond donors (Lipinski definition) is 1. The lowest BCUT2D eigenvalue weighted by molar-refractivity contribution is -0.107. The van der Waals surface area contributed by atoms with Crippen LogP contribution in [-0.4, -0.2) is 11.4 Å². The third-order valence-corrected chi connectivity index (χ3v) is 2.43. The Labute approximate surface area is 85.7 Å². The van der Waals surface area contributed by atoms with E-state index in [2.05, 4.69) is 15.9 Å². The van der Waals surface area contributed by atoms with E-state index in [1.165, 1.54) is 0 Å². The molecule has 0 aromatic heterocycles. The highest BCUT2D eigenvalue weighted by atomic mass is 79.9. The van der Waals surface area contributed by atoms with Crippen LogP contribution in [0.25, 0.3) is 0 Å². The summed E-state index contributed by atoms with van der Waals surface area (Å²) in [6.45, 7) is 0. The van der Waals surface area contributed by atoms with Gasteiger partial charge in [0.25, 0.3) is 0 Å². The minimum absolute atomic E-state index is 0.249. The third-order valence-electron chi connectivity index (χ3n) is 1.80. The van der Waals surface area contributed by atoms with Crippen molar-refractivity contribution in [1.29, 1.82) is 0 Å². The van der Waals surface area contributed by atoms with Gasteiger partial charge in [-0.3, -0.25) is 0 Å². The zero-order chi connectivity index (χ0) is 9.68. The van der Waals surface area contributed by atoms with Crippen LogP contribution in [0.15, 0.2) is 22.7 Å². The number of aryl methyl sites for hydroxylation is 1. The molecule has 13 heavy (non-hydrogen) atoms. The van der Waals surface area contributed by atoms with Gasteiger partial charge in [-0.1, -0.05) is 6.07 Å². The summed E-state index contributed by atoms with van der Waals surface area (Å²) in [5.41, 5.74) is 1.13. The van der Waals surface area contributed by atoms with Gasteiger partial charge in [-0.25, -0.2) is 0 Å².